The number of thioether (sulfide) groups is 1. The molecular weight excluding hydrogens is 477 g/mol. The number of benzene rings is 2. The predicted octanol–water partition coefficient (Wildman–Crippen LogP) is 6.22. The molecule has 2 aliphatic heterocycles. The Morgan fingerprint density at radius 1 is 1.17 bits per heavy atom. The number of carbonyl (C=O) groups excluding carboxylic acids is 3. The Morgan fingerprint density at radius 2 is 1.89 bits per heavy atom. The predicted molar refractivity (Wildman–Crippen MR) is 144 cm³/mol. The number of carbonyl (C=O) groups is 3. The summed E-state index contributed by atoms with van der Waals surface area (Å²) in [5.41, 5.74) is 5.15. The molecule has 0 spiro atoms. The molecule has 1 fully saturated rings. The highest BCUT2D eigenvalue weighted by molar-refractivity contribution is 8.18. The summed E-state index contributed by atoms with van der Waals surface area (Å²) in [4.78, 5) is 41.5. The highest BCUT2D eigenvalue weighted by atomic mass is 32.2. The average Bonchev–Trinajstić information content (AvgIpc) is 3.06. The summed E-state index contributed by atoms with van der Waals surface area (Å²) in [5.74, 6) is -1.77. The van der Waals surface area contributed by atoms with Gasteiger partial charge in [0.2, 0.25) is 5.91 Å². The first-order chi connectivity index (χ1) is 17.0. The molecule has 0 unspecified atom stereocenters. The van der Waals surface area contributed by atoms with E-state index in [4.69, 9.17) is 0 Å². The number of fused-ring (bicyclic) bond motifs is 1. The summed E-state index contributed by atoms with van der Waals surface area (Å²) >= 11 is 0.803. The van der Waals surface area contributed by atoms with E-state index in [-0.39, 0.29) is 16.1 Å². The van der Waals surface area contributed by atoms with Gasteiger partial charge < -0.3 is 10.2 Å². The lowest BCUT2D eigenvalue weighted by atomic mass is 9.86. The molecule has 3 amide bonds. The van der Waals surface area contributed by atoms with Crippen molar-refractivity contribution in [1.29, 1.82) is 0 Å². The highest BCUT2D eigenvalue weighted by Crippen LogP contribution is 2.41. The van der Waals surface area contributed by atoms with Crippen LogP contribution in [0.25, 0.3) is 11.6 Å². The summed E-state index contributed by atoms with van der Waals surface area (Å²) in [7, 11) is 0. The molecule has 2 heterocycles. The number of amides is 3. The summed E-state index contributed by atoms with van der Waals surface area (Å²) in [6, 6.07) is 9.93. The second-order valence-corrected chi connectivity index (χ2v) is 10.6. The molecule has 188 valence electrons. The zero-order chi connectivity index (χ0) is 26.2. The van der Waals surface area contributed by atoms with Gasteiger partial charge in [0.1, 0.15) is 12.4 Å². The summed E-state index contributed by atoms with van der Waals surface area (Å²) in [5, 5.41) is 1.88. The summed E-state index contributed by atoms with van der Waals surface area (Å²) in [6.45, 7) is 11.1. The number of nitrogens with one attached hydrogen (secondary N) is 1. The van der Waals surface area contributed by atoms with Gasteiger partial charge in [-0.05, 0) is 92.9 Å². The Morgan fingerprint density at radius 3 is 2.58 bits per heavy atom. The molecule has 0 saturated carbocycles. The van der Waals surface area contributed by atoms with Crippen molar-refractivity contribution in [2.24, 2.45) is 0 Å². The standard InChI is InChI=1S/C28H30FN3O3S/c1-6-11-32-23-12-17(2)19(13-20(23)18(3)15-28(32,4)5)14-24-26(34)31(27(35)36-24)16-25(33)30-22-10-8-7-9-21(22)29/h7-10,12-15H,6,11,16H2,1-5H3,(H,30,33)/b24-14+. The Bertz CT molecular complexity index is 1320. The highest BCUT2D eigenvalue weighted by Gasteiger charge is 2.37. The van der Waals surface area contributed by atoms with E-state index in [9.17, 15) is 18.8 Å². The van der Waals surface area contributed by atoms with Gasteiger partial charge in [0.15, 0.2) is 0 Å². The zero-order valence-electron chi connectivity index (χ0n) is 21.1. The fourth-order valence-corrected chi connectivity index (χ4v) is 5.53. The van der Waals surface area contributed by atoms with Crippen molar-refractivity contribution in [2.45, 2.75) is 46.6 Å². The van der Waals surface area contributed by atoms with Crippen LogP contribution in [0, 0.1) is 12.7 Å². The molecule has 0 radical (unpaired) electrons. The zero-order valence-corrected chi connectivity index (χ0v) is 22.0. The minimum atomic E-state index is -0.645. The smallest absolute Gasteiger partial charge is 0.294 e. The molecule has 2 aromatic carbocycles. The SMILES string of the molecule is CCCN1c2cc(C)c(/C=C3/SC(=O)N(CC(=O)Nc4ccccc4F)C3=O)cc2C(C)=CC1(C)C. The van der Waals surface area contributed by atoms with E-state index >= 15 is 0 Å². The van der Waals surface area contributed by atoms with Gasteiger partial charge in [-0.25, -0.2) is 4.39 Å². The van der Waals surface area contributed by atoms with Crippen molar-refractivity contribution in [1.82, 2.24) is 4.90 Å². The molecule has 1 saturated heterocycles. The first kappa shape index (κ1) is 25.7. The number of hydrogen-bond donors (Lipinski definition) is 1. The quantitative estimate of drug-likeness (QED) is 0.470. The van der Waals surface area contributed by atoms with E-state index in [1.807, 2.05) is 6.92 Å². The monoisotopic (exact) mass is 507 g/mol. The van der Waals surface area contributed by atoms with E-state index in [1.54, 1.807) is 12.1 Å². The first-order valence-corrected chi connectivity index (χ1v) is 12.8. The van der Waals surface area contributed by atoms with Gasteiger partial charge in [-0.2, -0.15) is 0 Å². The van der Waals surface area contributed by atoms with Gasteiger partial charge in [0.25, 0.3) is 11.1 Å². The fraction of sp³-hybridized carbons (Fsp3) is 0.321. The third-order valence-electron chi connectivity index (χ3n) is 6.42. The van der Waals surface area contributed by atoms with Gasteiger partial charge >= 0.3 is 0 Å². The van der Waals surface area contributed by atoms with Crippen LogP contribution in [0.2, 0.25) is 0 Å². The summed E-state index contributed by atoms with van der Waals surface area (Å²) in [6.07, 6.45) is 4.99. The van der Waals surface area contributed by atoms with Crippen LogP contribution in [-0.4, -0.2) is 40.6 Å². The van der Waals surface area contributed by atoms with E-state index < -0.39 is 29.4 Å². The van der Waals surface area contributed by atoms with E-state index in [2.05, 4.69) is 56.1 Å². The molecule has 0 bridgehead atoms. The minimum Gasteiger partial charge on any atom is -0.362 e. The number of imide groups is 1. The lowest BCUT2D eigenvalue weighted by Gasteiger charge is -2.43. The first-order valence-electron chi connectivity index (χ1n) is 11.9. The van der Waals surface area contributed by atoms with Gasteiger partial charge in [0.05, 0.1) is 16.1 Å². The van der Waals surface area contributed by atoms with Crippen LogP contribution in [-0.2, 0) is 9.59 Å². The van der Waals surface area contributed by atoms with Crippen molar-refractivity contribution < 1.29 is 18.8 Å². The fourth-order valence-electron chi connectivity index (χ4n) is 4.71. The Labute approximate surface area is 215 Å². The van der Waals surface area contributed by atoms with Gasteiger partial charge in [0, 0.05) is 17.8 Å². The molecule has 0 atom stereocenters. The number of halogens is 1. The lowest BCUT2D eigenvalue weighted by molar-refractivity contribution is -0.127. The van der Waals surface area contributed by atoms with Crippen LogP contribution < -0.4 is 10.2 Å². The van der Waals surface area contributed by atoms with Crippen molar-refractivity contribution in [2.75, 3.05) is 23.3 Å². The Kier molecular flexibility index (Phi) is 7.09. The van der Waals surface area contributed by atoms with Crippen LogP contribution in [0.15, 0.2) is 47.4 Å². The van der Waals surface area contributed by atoms with Crippen LogP contribution in [0.3, 0.4) is 0 Å². The number of nitrogens with zero attached hydrogens (tertiary/aromatic N) is 2. The van der Waals surface area contributed by atoms with Crippen LogP contribution in [0.1, 0.15) is 50.8 Å². The molecule has 6 nitrogen and oxygen atoms in total. The maximum atomic E-state index is 13.8. The molecule has 36 heavy (non-hydrogen) atoms. The third kappa shape index (κ3) is 4.95. The maximum Gasteiger partial charge on any atom is 0.294 e. The summed E-state index contributed by atoms with van der Waals surface area (Å²) < 4.78 is 13.8. The Hall–Kier alpha value is -3.39. The second kappa shape index (κ2) is 9.93. The second-order valence-electron chi connectivity index (χ2n) is 9.65. The molecule has 2 aromatic rings. The average molecular weight is 508 g/mol. The molecule has 0 aromatic heterocycles. The van der Waals surface area contributed by atoms with Crippen molar-refractivity contribution in [3.63, 3.8) is 0 Å². The molecular formula is C28H30FN3O3S. The van der Waals surface area contributed by atoms with Crippen LogP contribution in [0.4, 0.5) is 20.6 Å². The van der Waals surface area contributed by atoms with Gasteiger partial charge in [-0.1, -0.05) is 25.1 Å². The van der Waals surface area contributed by atoms with Crippen molar-refractivity contribution in [3.05, 3.63) is 69.9 Å². The lowest BCUT2D eigenvalue weighted by Crippen LogP contribution is -2.45. The maximum absolute atomic E-state index is 13.8. The minimum absolute atomic E-state index is 0.00147. The molecule has 0 aliphatic carbocycles. The topological polar surface area (TPSA) is 69.7 Å². The third-order valence-corrected chi connectivity index (χ3v) is 7.33. The number of rotatable bonds is 6. The molecule has 1 N–H and O–H groups in total. The largest absolute Gasteiger partial charge is 0.362 e. The Balaban J connectivity index is 1.58. The van der Waals surface area contributed by atoms with Crippen molar-refractivity contribution >= 4 is 51.8 Å². The number of para-hydroxylation sites is 1. The van der Waals surface area contributed by atoms with Crippen LogP contribution in [0.5, 0.6) is 0 Å². The van der Waals surface area contributed by atoms with Crippen LogP contribution >= 0.6 is 11.8 Å². The van der Waals surface area contributed by atoms with E-state index in [1.165, 1.54) is 18.2 Å². The number of hydrogen-bond acceptors (Lipinski definition) is 5. The van der Waals surface area contributed by atoms with Gasteiger partial charge in [-0.15, -0.1) is 0 Å². The normalized spacial score (nSPS) is 17.9. The van der Waals surface area contributed by atoms with E-state index in [0.29, 0.717) is 0 Å². The van der Waals surface area contributed by atoms with Gasteiger partial charge in [-0.3, -0.25) is 19.3 Å². The molecule has 8 heteroatoms. The van der Waals surface area contributed by atoms with Crippen molar-refractivity contribution in [3.8, 4) is 0 Å². The number of anilines is 2. The number of allylic oxidation sites excluding steroid dienone is 1. The molecule has 4 rings (SSSR count). The molecule has 2 aliphatic rings. The number of aryl methyl sites for hydroxylation is 1. The van der Waals surface area contributed by atoms with E-state index in [0.717, 1.165) is 57.6 Å².